The summed E-state index contributed by atoms with van der Waals surface area (Å²) in [5.41, 5.74) is 0.400. The number of benzene rings is 1. The van der Waals surface area contributed by atoms with Crippen LogP contribution in [0.25, 0.3) is 0 Å². The molecule has 2 aliphatic heterocycles. The van der Waals surface area contributed by atoms with Gasteiger partial charge in [0.2, 0.25) is 10.0 Å². The average molecular weight is 353 g/mol. The Morgan fingerprint density at radius 1 is 1.12 bits per heavy atom. The van der Waals surface area contributed by atoms with Gasteiger partial charge in [0.15, 0.2) is 0 Å². The van der Waals surface area contributed by atoms with E-state index in [0.717, 1.165) is 38.6 Å². The van der Waals surface area contributed by atoms with Crippen LogP contribution < -0.4 is 4.90 Å². The van der Waals surface area contributed by atoms with E-state index in [1.807, 2.05) is 4.90 Å². The zero-order valence-electron chi connectivity index (χ0n) is 13.8. The topological polar surface area (TPSA) is 83.8 Å². The molecule has 0 bridgehead atoms. The van der Waals surface area contributed by atoms with E-state index in [1.165, 1.54) is 16.4 Å². The minimum atomic E-state index is -3.65. The molecule has 7 nitrogen and oxygen atoms in total. The third-order valence-corrected chi connectivity index (χ3v) is 6.85. The van der Waals surface area contributed by atoms with Crippen LogP contribution in [0.5, 0.6) is 0 Å². The van der Waals surface area contributed by atoms with Crippen LogP contribution in [0.3, 0.4) is 0 Å². The van der Waals surface area contributed by atoms with Gasteiger partial charge in [-0.25, -0.2) is 8.42 Å². The summed E-state index contributed by atoms with van der Waals surface area (Å²) < 4.78 is 26.7. The van der Waals surface area contributed by atoms with Crippen LogP contribution in [-0.4, -0.2) is 43.3 Å². The van der Waals surface area contributed by atoms with Crippen molar-refractivity contribution in [2.75, 3.05) is 24.5 Å². The predicted molar refractivity (Wildman–Crippen MR) is 91.7 cm³/mol. The fourth-order valence-electron chi connectivity index (χ4n) is 3.59. The van der Waals surface area contributed by atoms with Crippen LogP contribution in [0.15, 0.2) is 23.1 Å². The second-order valence-corrected chi connectivity index (χ2v) is 8.49. The van der Waals surface area contributed by atoms with Crippen LogP contribution in [0.1, 0.15) is 39.0 Å². The number of nitrogens with zero attached hydrogens (tertiary/aromatic N) is 3. The molecule has 2 heterocycles. The van der Waals surface area contributed by atoms with Crippen molar-refractivity contribution in [3.63, 3.8) is 0 Å². The first-order valence-electron chi connectivity index (χ1n) is 8.46. The quantitative estimate of drug-likeness (QED) is 0.614. The molecule has 1 atom stereocenters. The van der Waals surface area contributed by atoms with Crippen molar-refractivity contribution in [1.29, 1.82) is 0 Å². The molecular formula is C16H23N3O4S. The summed E-state index contributed by atoms with van der Waals surface area (Å²) in [7, 11) is -3.65. The van der Waals surface area contributed by atoms with Gasteiger partial charge in [0, 0.05) is 31.7 Å². The highest BCUT2D eigenvalue weighted by Crippen LogP contribution is 2.35. The molecule has 2 fully saturated rings. The lowest BCUT2D eigenvalue weighted by Gasteiger charge is -2.35. The van der Waals surface area contributed by atoms with Gasteiger partial charge in [0.25, 0.3) is 5.69 Å². The van der Waals surface area contributed by atoms with Gasteiger partial charge in [-0.1, -0.05) is 0 Å². The molecule has 1 aromatic carbocycles. The number of anilines is 1. The Labute approximate surface area is 142 Å². The first-order valence-corrected chi connectivity index (χ1v) is 9.90. The highest BCUT2D eigenvalue weighted by Gasteiger charge is 2.31. The van der Waals surface area contributed by atoms with E-state index in [9.17, 15) is 18.5 Å². The summed E-state index contributed by atoms with van der Waals surface area (Å²) in [5.74, 6) is 0. The number of nitro benzene ring substituents is 1. The molecule has 1 unspecified atom stereocenters. The van der Waals surface area contributed by atoms with E-state index in [4.69, 9.17) is 0 Å². The van der Waals surface area contributed by atoms with Crippen molar-refractivity contribution >= 4 is 21.4 Å². The van der Waals surface area contributed by atoms with Crippen LogP contribution in [0, 0.1) is 10.1 Å². The van der Waals surface area contributed by atoms with Gasteiger partial charge < -0.3 is 4.90 Å². The third-order valence-electron chi connectivity index (χ3n) is 4.96. The molecule has 0 aliphatic carbocycles. The zero-order chi connectivity index (χ0) is 17.3. The lowest BCUT2D eigenvalue weighted by molar-refractivity contribution is -0.384. The molecule has 2 aliphatic rings. The molecule has 0 amide bonds. The van der Waals surface area contributed by atoms with Gasteiger partial charge in [0.05, 0.1) is 9.82 Å². The summed E-state index contributed by atoms with van der Waals surface area (Å²) in [5, 5.41) is 11.5. The highest BCUT2D eigenvalue weighted by molar-refractivity contribution is 7.89. The predicted octanol–water partition coefficient (Wildman–Crippen LogP) is 2.76. The minimum absolute atomic E-state index is 0.0181. The Hall–Kier alpha value is -1.67. The molecule has 0 N–H and O–H groups in total. The highest BCUT2D eigenvalue weighted by atomic mass is 32.2. The normalized spacial score (nSPS) is 22.7. The fraction of sp³-hybridized carbons (Fsp3) is 0.625. The molecule has 0 radical (unpaired) electrons. The Kier molecular flexibility index (Phi) is 4.78. The van der Waals surface area contributed by atoms with Crippen molar-refractivity contribution in [2.45, 2.75) is 50.0 Å². The Bertz CT molecular complexity index is 729. The maximum Gasteiger partial charge on any atom is 0.293 e. The van der Waals surface area contributed by atoms with E-state index in [2.05, 4.69) is 6.92 Å². The number of piperidine rings is 1. The lowest BCUT2D eigenvalue weighted by Crippen LogP contribution is -2.37. The fourth-order valence-corrected chi connectivity index (χ4v) is 5.12. The number of nitro groups is 1. The summed E-state index contributed by atoms with van der Waals surface area (Å²) in [6, 6.07) is 4.56. The minimum Gasteiger partial charge on any atom is -0.363 e. The van der Waals surface area contributed by atoms with Gasteiger partial charge >= 0.3 is 0 Å². The van der Waals surface area contributed by atoms with Gasteiger partial charge in [-0.15, -0.1) is 0 Å². The molecule has 3 rings (SSSR count). The van der Waals surface area contributed by atoms with Gasteiger partial charge in [0.1, 0.15) is 5.69 Å². The monoisotopic (exact) mass is 353 g/mol. The van der Waals surface area contributed by atoms with E-state index >= 15 is 0 Å². The van der Waals surface area contributed by atoms with E-state index in [1.54, 1.807) is 6.07 Å². The summed E-state index contributed by atoms with van der Waals surface area (Å²) >= 11 is 0. The Morgan fingerprint density at radius 2 is 1.79 bits per heavy atom. The third kappa shape index (κ3) is 3.12. The molecule has 0 aromatic heterocycles. The van der Waals surface area contributed by atoms with Gasteiger partial charge in [-0.2, -0.15) is 4.31 Å². The number of hydrogen-bond acceptors (Lipinski definition) is 5. The van der Waals surface area contributed by atoms with Crippen molar-refractivity contribution in [2.24, 2.45) is 0 Å². The average Bonchev–Trinajstić information content (AvgIpc) is 3.10. The SMILES string of the molecule is CC1CCCCN1c1ccc(S(=O)(=O)N2CCCC2)cc1[N+](=O)[O-]. The summed E-state index contributed by atoms with van der Waals surface area (Å²) in [4.78, 5) is 13.1. The zero-order valence-corrected chi connectivity index (χ0v) is 14.7. The Morgan fingerprint density at radius 3 is 2.42 bits per heavy atom. The van der Waals surface area contributed by atoms with Crippen molar-refractivity contribution in [1.82, 2.24) is 4.31 Å². The molecule has 2 saturated heterocycles. The maximum absolute atomic E-state index is 12.7. The second-order valence-electron chi connectivity index (χ2n) is 6.56. The first kappa shape index (κ1) is 17.2. The second kappa shape index (κ2) is 6.68. The molecule has 0 saturated carbocycles. The van der Waals surface area contributed by atoms with E-state index in [0.29, 0.717) is 18.8 Å². The molecule has 8 heteroatoms. The van der Waals surface area contributed by atoms with Crippen LogP contribution in [0.2, 0.25) is 0 Å². The van der Waals surface area contributed by atoms with Crippen molar-refractivity contribution in [3.8, 4) is 0 Å². The number of sulfonamides is 1. The van der Waals surface area contributed by atoms with Crippen molar-refractivity contribution in [3.05, 3.63) is 28.3 Å². The summed E-state index contributed by atoms with van der Waals surface area (Å²) in [6.45, 7) is 3.79. The molecule has 24 heavy (non-hydrogen) atoms. The molecule has 132 valence electrons. The smallest absolute Gasteiger partial charge is 0.293 e. The maximum atomic E-state index is 12.7. The number of hydrogen-bond donors (Lipinski definition) is 0. The van der Waals surface area contributed by atoms with E-state index < -0.39 is 14.9 Å². The van der Waals surface area contributed by atoms with Crippen LogP contribution in [0.4, 0.5) is 11.4 Å². The molecule has 0 spiro atoms. The van der Waals surface area contributed by atoms with Crippen LogP contribution in [-0.2, 0) is 10.0 Å². The van der Waals surface area contributed by atoms with E-state index in [-0.39, 0.29) is 16.6 Å². The molecule has 1 aromatic rings. The number of rotatable bonds is 4. The standard InChI is InChI=1S/C16H23N3O4S/c1-13-6-2-3-11-18(13)15-8-7-14(12-16(15)19(20)21)24(22,23)17-9-4-5-10-17/h7-8,12-13H,2-6,9-11H2,1H3. The van der Waals surface area contributed by atoms with Gasteiger partial charge in [-0.05, 0) is 51.2 Å². The Balaban J connectivity index is 2.00. The lowest BCUT2D eigenvalue weighted by atomic mass is 10.0. The first-order chi connectivity index (χ1) is 11.4. The van der Waals surface area contributed by atoms with Crippen LogP contribution >= 0.6 is 0 Å². The van der Waals surface area contributed by atoms with Crippen molar-refractivity contribution < 1.29 is 13.3 Å². The largest absolute Gasteiger partial charge is 0.363 e. The summed E-state index contributed by atoms with van der Waals surface area (Å²) in [6.07, 6.45) is 4.78. The van der Waals surface area contributed by atoms with Gasteiger partial charge in [-0.3, -0.25) is 10.1 Å². The molecular weight excluding hydrogens is 330 g/mol.